The van der Waals surface area contributed by atoms with Gasteiger partial charge in [0.1, 0.15) is 11.6 Å². The van der Waals surface area contributed by atoms with Crippen LogP contribution in [-0.4, -0.2) is 54.3 Å². The number of carbonyl (C=O) groups excluding carboxylic acids is 2. The van der Waals surface area contributed by atoms with Crippen LogP contribution in [0.15, 0.2) is 54.6 Å². The fourth-order valence-electron chi connectivity index (χ4n) is 2.91. The van der Waals surface area contributed by atoms with Gasteiger partial charge in [-0.2, -0.15) is 0 Å². The normalized spacial score (nSPS) is 15.0. The highest BCUT2D eigenvalue weighted by atomic mass is 19.1. The molecule has 1 N–H and O–H groups in total. The number of anilines is 1. The second-order valence-electron chi connectivity index (χ2n) is 6.54. The molecule has 0 aromatic heterocycles. The lowest BCUT2D eigenvalue weighted by Gasteiger charge is -2.33. The van der Waals surface area contributed by atoms with Crippen LogP contribution in [-0.2, 0) is 9.59 Å². The molecule has 5 nitrogen and oxygen atoms in total. The smallest absolute Gasteiger partial charge is 0.246 e. The van der Waals surface area contributed by atoms with Crippen molar-refractivity contribution in [2.24, 2.45) is 0 Å². The maximum atomic E-state index is 12.9. The molecule has 1 aliphatic heterocycles. The van der Waals surface area contributed by atoms with Crippen molar-refractivity contribution < 1.29 is 18.4 Å². The topological polar surface area (TPSA) is 52.7 Å². The second-order valence-corrected chi connectivity index (χ2v) is 6.54. The molecular weight excluding hydrogens is 364 g/mol. The molecule has 1 aliphatic rings. The zero-order chi connectivity index (χ0) is 19.9. The van der Waals surface area contributed by atoms with Crippen molar-refractivity contribution in [1.82, 2.24) is 9.80 Å². The van der Waals surface area contributed by atoms with Crippen LogP contribution in [0.2, 0.25) is 0 Å². The number of hydrogen-bond donors (Lipinski definition) is 1. The summed E-state index contributed by atoms with van der Waals surface area (Å²) in [4.78, 5) is 28.1. The Morgan fingerprint density at radius 2 is 1.46 bits per heavy atom. The molecule has 0 atom stereocenters. The Labute approximate surface area is 162 Å². The van der Waals surface area contributed by atoms with Crippen LogP contribution >= 0.6 is 0 Å². The van der Waals surface area contributed by atoms with E-state index < -0.39 is 0 Å². The molecule has 3 rings (SSSR count). The van der Waals surface area contributed by atoms with Gasteiger partial charge in [-0.1, -0.05) is 12.1 Å². The first kappa shape index (κ1) is 19.7. The molecular formula is C21H21F2N3O2. The van der Waals surface area contributed by atoms with E-state index in [-0.39, 0.29) is 30.0 Å². The number of carbonyl (C=O) groups is 2. The van der Waals surface area contributed by atoms with Crippen LogP contribution in [0.3, 0.4) is 0 Å². The lowest BCUT2D eigenvalue weighted by molar-refractivity contribution is -0.127. The fourth-order valence-corrected chi connectivity index (χ4v) is 2.91. The van der Waals surface area contributed by atoms with Crippen molar-refractivity contribution >= 4 is 23.6 Å². The van der Waals surface area contributed by atoms with Crippen molar-refractivity contribution in [3.05, 3.63) is 71.8 Å². The van der Waals surface area contributed by atoms with Crippen molar-refractivity contribution in [1.29, 1.82) is 0 Å². The summed E-state index contributed by atoms with van der Waals surface area (Å²) in [5, 5.41) is 2.73. The molecule has 28 heavy (non-hydrogen) atoms. The summed E-state index contributed by atoms with van der Waals surface area (Å²) < 4.78 is 25.8. The average molecular weight is 385 g/mol. The van der Waals surface area contributed by atoms with Gasteiger partial charge in [0.25, 0.3) is 0 Å². The number of hydrogen-bond acceptors (Lipinski definition) is 3. The molecule has 1 saturated heterocycles. The Balaban J connectivity index is 1.43. The molecule has 1 heterocycles. The standard InChI is InChI=1S/C21H21F2N3O2/c22-17-4-1-16(2-5-17)3-10-21(28)26-13-11-25(12-14-26)15-20(27)24-19-8-6-18(23)7-9-19/h1-10H,11-15H2,(H,24,27). The third-order valence-electron chi connectivity index (χ3n) is 4.47. The summed E-state index contributed by atoms with van der Waals surface area (Å²) in [6, 6.07) is 11.5. The van der Waals surface area contributed by atoms with Gasteiger partial charge in [-0.05, 0) is 48.0 Å². The van der Waals surface area contributed by atoms with E-state index in [2.05, 4.69) is 5.32 Å². The molecule has 2 aromatic rings. The monoisotopic (exact) mass is 385 g/mol. The van der Waals surface area contributed by atoms with Crippen LogP contribution < -0.4 is 5.32 Å². The van der Waals surface area contributed by atoms with E-state index >= 15 is 0 Å². The Bertz CT molecular complexity index is 843. The zero-order valence-corrected chi connectivity index (χ0v) is 15.3. The van der Waals surface area contributed by atoms with Crippen LogP contribution in [0, 0.1) is 11.6 Å². The lowest BCUT2D eigenvalue weighted by atomic mass is 10.2. The van der Waals surface area contributed by atoms with Gasteiger partial charge in [0, 0.05) is 37.9 Å². The highest BCUT2D eigenvalue weighted by molar-refractivity contribution is 5.93. The van der Waals surface area contributed by atoms with Gasteiger partial charge >= 0.3 is 0 Å². The van der Waals surface area contributed by atoms with Crippen LogP contribution in [0.25, 0.3) is 6.08 Å². The Kier molecular flexibility index (Phi) is 6.49. The summed E-state index contributed by atoms with van der Waals surface area (Å²) >= 11 is 0. The molecule has 0 unspecified atom stereocenters. The summed E-state index contributed by atoms with van der Waals surface area (Å²) in [7, 11) is 0. The first-order valence-corrected chi connectivity index (χ1v) is 9.00. The minimum atomic E-state index is -0.354. The highest BCUT2D eigenvalue weighted by Crippen LogP contribution is 2.10. The van der Waals surface area contributed by atoms with E-state index in [4.69, 9.17) is 0 Å². The molecule has 2 aromatic carbocycles. The predicted octanol–water partition coefficient (Wildman–Crippen LogP) is 2.76. The van der Waals surface area contributed by atoms with Gasteiger partial charge in [-0.15, -0.1) is 0 Å². The Morgan fingerprint density at radius 3 is 2.07 bits per heavy atom. The van der Waals surface area contributed by atoms with Crippen molar-refractivity contribution in [3.63, 3.8) is 0 Å². The molecule has 0 aliphatic carbocycles. The third-order valence-corrected chi connectivity index (χ3v) is 4.47. The SMILES string of the molecule is O=C(CN1CCN(C(=O)C=Cc2ccc(F)cc2)CC1)Nc1ccc(F)cc1. The number of benzene rings is 2. The van der Waals surface area contributed by atoms with E-state index in [1.165, 1.54) is 42.5 Å². The van der Waals surface area contributed by atoms with Crippen LogP contribution in [0.1, 0.15) is 5.56 Å². The van der Waals surface area contributed by atoms with Gasteiger partial charge in [-0.3, -0.25) is 14.5 Å². The largest absolute Gasteiger partial charge is 0.337 e. The number of nitrogens with zero attached hydrogens (tertiary/aromatic N) is 2. The number of piperazine rings is 1. The Hall–Kier alpha value is -3.06. The molecule has 0 bridgehead atoms. The van der Waals surface area contributed by atoms with E-state index in [1.54, 1.807) is 23.1 Å². The first-order chi connectivity index (χ1) is 13.5. The van der Waals surface area contributed by atoms with E-state index in [0.717, 1.165) is 5.56 Å². The maximum Gasteiger partial charge on any atom is 0.246 e. The summed E-state index contributed by atoms with van der Waals surface area (Å²) in [6.45, 7) is 2.44. The van der Waals surface area contributed by atoms with E-state index in [1.807, 2.05) is 4.90 Å². The molecule has 1 fully saturated rings. The second kappa shape index (κ2) is 9.23. The van der Waals surface area contributed by atoms with Gasteiger partial charge in [-0.25, -0.2) is 8.78 Å². The molecule has 0 radical (unpaired) electrons. The van der Waals surface area contributed by atoms with Crippen LogP contribution in [0.4, 0.5) is 14.5 Å². The molecule has 2 amide bonds. The molecule has 7 heteroatoms. The maximum absolute atomic E-state index is 12.9. The number of nitrogens with one attached hydrogen (secondary N) is 1. The highest BCUT2D eigenvalue weighted by Gasteiger charge is 2.21. The minimum absolute atomic E-state index is 0.111. The van der Waals surface area contributed by atoms with Crippen LogP contribution in [0.5, 0.6) is 0 Å². The number of rotatable bonds is 5. The first-order valence-electron chi connectivity index (χ1n) is 9.00. The lowest BCUT2D eigenvalue weighted by Crippen LogP contribution is -2.50. The van der Waals surface area contributed by atoms with Crippen molar-refractivity contribution in [2.45, 2.75) is 0 Å². The molecule has 0 saturated carbocycles. The minimum Gasteiger partial charge on any atom is -0.337 e. The molecule has 146 valence electrons. The zero-order valence-electron chi connectivity index (χ0n) is 15.3. The van der Waals surface area contributed by atoms with E-state index in [0.29, 0.717) is 31.9 Å². The molecule has 0 spiro atoms. The Morgan fingerprint density at radius 1 is 0.893 bits per heavy atom. The average Bonchev–Trinajstić information content (AvgIpc) is 2.69. The van der Waals surface area contributed by atoms with Gasteiger partial charge < -0.3 is 10.2 Å². The predicted molar refractivity (Wildman–Crippen MR) is 103 cm³/mol. The van der Waals surface area contributed by atoms with Gasteiger partial charge in [0.15, 0.2) is 0 Å². The summed E-state index contributed by atoms with van der Waals surface area (Å²) in [5.74, 6) is -0.961. The summed E-state index contributed by atoms with van der Waals surface area (Å²) in [6.07, 6.45) is 3.13. The fraction of sp³-hybridized carbons (Fsp3) is 0.238. The van der Waals surface area contributed by atoms with E-state index in [9.17, 15) is 18.4 Å². The summed E-state index contributed by atoms with van der Waals surface area (Å²) in [5.41, 5.74) is 1.30. The van der Waals surface area contributed by atoms with Crippen molar-refractivity contribution in [3.8, 4) is 0 Å². The van der Waals surface area contributed by atoms with Crippen molar-refractivity contribution in [2.75, 3.05) is 38.0 Å². The van der Waals surface area contributed by atoms with Gasteiger partial charge in [0.2, 0.25) is 11.8 Å². The van der Waals surface area contributed by atoms with Gasteiger partial charge in [0.05, 0.1) is 6.54 Å². The quantitative estimate of drug-likeness (QED) is 0.806. The number of halogens is 2. The third kappa shape index (κ3) is 5.72. The number of amides is 2.